The van der Waals surface area contributed by atoms with Gasteiger partial charge in [-0.25, -0.2) is 0 Å². The van der Waals surface area contributed by atoms with Crippen molar-refractivity contribution in [2.45, 2.75) is 12.1 Å². The van der Waals surface area contributed by atoms with Gasteiger partial charge in [0.2, 0.25) is 0 Å². The first-order valence-electron chi connectivity index (χ1n) is 9.14. The third-order valence-corrected chi connectivity index (χ3v) is 5.72. The van der Waals surface area contributed by atoms with E-state index in [1.807, 2.05) is 0 Å². The van der Waals surface area contributed by atoms with Gasteiger partial charge in [-0.1, -0.05) is 84.9 Å². The molecule has 2 N–H and O–H groups in total. The van der Waals surface area contributed by atoms with Crippen LogP contribution in [0.4, 0.5) is 11.4 Å². The van der Waals surface area contributed by atoms with Crippen molar-refractivity contribution in [3.63, 3.8) is 0 Å². The lowest BCUT2D eigenvalue weighted by atomic mass is 9.86. The largest absolute Gasteiger partial charge is 0.374 e. The first-order chi connectivity index (χ1) is 12.9. The summed E-state index contributed by atoms with van der Waals surface area (Å²) in [5.74, 6) is 0. The molecule has 4 aromatic rings. The molecular formula is C24H18N2. The summed E-state index contributed by atoms with van der Waals surface area (Å²) in [5.41, 5.74) is 5.09. The summed E-state index contributed by atoms with van der Waals surface area (Å²) in [6.45, 7) is 0. The van der Waals surface area contributed by atoms with Crippen molar-refractivity contribution in [3.8, 4) is 0 Å². The van der Waals surface area contributed by atoms with E-state index in [1.54, 1.807) is 0 Å². The molecule has 2 nitrogen and oxygen atoms in total. The Hall–Kier alpha value is -3.26. The number of rotatable bonds is 0. The number of anilines is 2. The van der Waals surface area contributed by atoms with Gasteiger partial charge in [-0.05, 0) is 21.9 Å². The molecular weight excluding hydrogens is 316 g/mol. The molecule has 0 amide bonds. The minimum absolute atomic E-state index is 0.244. The predicted molar refractivity (Wildman–Crippen MR) is 111 cm³/mol. The molecule has 6 rings (SSSR count). The second kappa shape index (κ2) is 5.12. The van der Waals surface area contributed by atoms with Crippen LogP contribution >= 0.6 is 0 Å². The first kappa shape index (κ1) is 14.0. The Morgan fingerprint density at radius 3 is 1.88 bits per heavy atom. The van der Waals surface area contributed by atoms with E-state index in [0.29, 0.717) is 0 Å². The van der Waals surface area contributed by atoms with Crippen LogP contribution in [0.25, 0.3) is 27.6 Å². The van der Waals surface area contributed by atoms with Crippen molar-refractivity contribution < 1.29 is 0 Å². The van der Waals surface area contributed by atoms with Crippen LogP contribution in [0, 0.1) is 0 Å². The molecule has 0 spiro atoms. The van der Waals surface area contributed by atoms with E-state index in [2.05, 4.69) is 95.6 Å². The second-order valence-corrected chi connectivity index (χ2v) is 7.12. The molecule has 2 heteroatoms. The third kappa shape index (κ3) is 1.81. The van der Waals surface area contributed by atoms with Crippen LogP contribution in [0.15, 0.2) is 78.9 Å². The van der Waals surface area contributed by atoms with Crippen molar-refractivity contribution in [1.82, 2.24) is 0 Å². The number of benzene rings is 4. The summed E-state index contributed by atoms with van der Waals surface area (Å²) in [5, 5.41) is 12.9. The maximum absolute atomic E-state index is 3.88. The summed E-state index contributed by atoms with van der Waals surface area (Å²) >= 11 is 0. The fraction of sp³-hybridized carbons (Fsp3) is 0.0833. The fourth-order valence-corrected chi connectivity index (χ4v) is 4.52. The van der Waals surface area contributed by atoms with Gasteiger partial charge in [0, 0.05) is 10.8 Å². The summed E-state index contributed by atoms with van der Waals surface area (Å²) < 4.78 is 0. The Kier molecular flexibility index (Phi) is 2.75. The highest BCUT2D eigenvalue weighted by atomic mass is 15.1. The van der Waals surface area contributed by atoms with Gasteiger partial charge in [-0.15, -0.1) is 0 Å². The van der Waals surface area contributed by atoms with E-state index < -0.39 is 0 Å². The normalized spacial score (nSPS) is 20.0. The average Bonchev–Trinajstić information content (AvgIpc) is 2.73. The fourth-order valence-electron chi connectivity index (χ4n) is 4.52. The average molecular weight is 334 g/mol. The molecule has 26 heavy (non-hydrogen) atoms. The molecule has 2 aliphatic rings. The van der Waals surface area contributed by atoms with E-state index in [4.69, 9.17) is 0 Å². The summed E-state index contributed by atoms with van der Waals surface area (Å²) in [4.78, 5) is 0. The zero-order valence-electron chi connectivity index (χ0n) is 14.2. The van der Waals surface area contributed by atoms with Gasteiger partial charge in [-0.2, -0.15) is 0 Å². The Labute approximate surface area is 152 Å². The Morgan fingerprint density at radius 1 is 0.577 bits per heavy atom. The van der Waals surface area contributed by atoms with Gasteiger partial charge in [0.1, 0.15) is 0 Å². The zero-order chi connectivity index (χ0) is 17.1. The molecule has 0 bridgehead atoms. The Balaban J connectivity index is 1.66. The SMILES string of the molecule is C1=C[C@H]2Nc3c(c4ccccc4c4ccccc34)N[C@@H]2c2ccccc21. The summed E-state index contributed by atoms with van der Waals surface area (Å²) in [6, 6.07) is 26.5. The van der Waals surface area contributed by atoms with Crippen LogP contribution in [0.3, 0.4) is 0 Å². The predicted octanol–water partition coefficient (Wildman–Crippen LogP) is 5.97. The molecule has 0 saturated carbocycles. The van der Waals surface area contributed by atoms with Crippen LogP contribution in [0.1, 0.15) is 17.2 Å². The van der Waals surface area contributed by atoms with Crippen molar-refractivity contribution >= 4 is 39.0 Å². The number of fused-ring (bicyclic) bond motifs is 9. The van der Waals surface area contributed by atoms with E-state index in [9.17, 15) is 0 Å². The quantitative estimate of drug-likeness (QED) is 0.387. The first-order valence-corrected chi connectivity index (χ1v) is 9.14. The lowest BCUT2D eigenvalue weighted by Gasteiger charge is -2.39. The van der Waals surface area contributed by atoms with Crippen LogP contribution in [-0.2, 0) is 0 Å². The van der Waals surface area contributed by atoms with Gasteiger partial charge in [0.15, 0.2) is 0 Å². The summed E-state index contributed by atoms with van der Waals surface area (Å²) in [6.07, 6.45) is 4.52. The standard InChI is InChI=1S/C24H18N2/c1-2-8-16-15(7-1)13-14-21-22(16)26-24-20-12-6-4-10-18(20)17-9-3-5-11-19(17)23(24)25-21/h1-14,21-22,25-26H/t21-,22-/m1/s1. The van der Waals surface area contributed by atoms with E-state index in [1.165, 1.54) is 44.0 Å². The Bertz CT molecular complexity index is 1210. The minimum Gasteiger partial charge on any atom is -0.374 e. The molecule has 1 aliphatic carbocycles. The number of nitrogens with one attached hydrogen (secondary N) is 2. The lowest BCUT2D eigenvalue weighted by molar-refractivity contribution is 0.695. The maximum Gasteiger partial charge on any atom is 0.0758 e. The van der Waals surface area contributed by atoms with E-state index in [0.717, 1.165) is 0 Å². The van der Waals surface area contributed by atoms with Crippen molar-refractivity contribution in [3.05, 3.63) is 90.0 Å². The number of hydrogen-bond acceptors (Lipinski definition) is 2. The van der Waals surface area contributed by atoms with Gasteiger partial charge in [0.05, 0.1) is 23.5 Å². The maximum atomic E-state index is 3.88. The van der Waals surface area contributed by atoms with E-state index >= 15 is 0 Å². The summed E-state index contributed by atoms with van der Waals surface area (Å²) in [7, 11) is 0. The minimum atomic E-state index is 0.244. The Morgan fingerprint density at radius 2 is 1.15 bits per heavy atom. The van der Waals surface area contributed by atoms with E-state index in [-0.39, 0.29) is 12.1 Å². The van der Waals surface area contributed by atoms with Gasteiger partial charge >= 0.3 is 0 Å². The lowest BCUT2D eigenvalue weighted by Crippen LogP contribution is -2.37. The highest BCUT2D eigenvalue weighted by Crippen LogP contribution is 2.47. The highest BCUT2D eigenvalue weighted by molar-refractivity contribution is 6.20. The number of hydrogen-bond donors (Lipinski definition) is 2. The van der Waals surface area contributed by atoms with Crippen LogP contribution < -0.4 is 10.6 Å². The van der Waals surface area contributed by atoms with Crippen LogP contribution in [0.5, 0.6) is 0 Å². The smallest absolute Gasteiger partial charge is 0.0758 e. The third-order valence-electron chi connectivity index (χ3n) is 5.72. The second-order valence-electron chi connectivity index (χ2n) is 7.12. The zero-order valence-corrected chi connectivity index (χ0v) is 14.2. The van der Waals surface area contributed by atoms with Crippen molar-refractivity contribution in [2.75, 3.05) is 10.6 Å². The van der Waals surface area contributed by atoms with Gasteiger partial charge in [-0.3, -0.25) is 0 Å². The molecule has 1 aliphatic heterocycles. The van der Waals surface area contributed by atoms with Crippen molar-refractivity contribution in [1.29, 1.82) is 0 Å². The monoisotopic (exact) mass is 334 g/mol. The molecule has 0 aromatic heterocycles. The molecule has 0 fully saturated rings. The van der Waals surface area contributed by atoms with Crippen molar-refractivity contribution in [2.24, 2.45) is 0 Å². The molecule has 2 atom stereocenters. The highest BCUT2D eigenvalue weighted by Gasteiger charge is 2.32. The topological polar surface area (TPSA) is 24.1 Å². The molecule has 0 unspecified atom stereocenters. The molecule has 0 saturated heterocycles. The van der Waals surface area contributed by atoms with Crippen LogP contribution in [0.2, 0.25) is 0 Å². The van der Waals surface area contributed by atoms with Gasteiger partial charge < -0.3 is 10.6 Å². The molecule has 0 radical (unpaired) electrons. The van der Waals surface area contributed by atoms with Crippen LogP contribution in [-0.4, -0.2) is 6.04 Å². The van der Waals surface area contributed by atoms with Gasteiger partial charge in [0.25, 0.3) is 0 Å². The molecule has 4 aromatic carbocycles. The molecule has 1 heterocycles. The molecule has 124 valence electrons.